The average Bonchev–Trinajstić information content (AvgIpc) is 3.57. The topological polar surface area (TPSA) is 78.9 Å². The Balaban J connectivity index is 2.05. The van der Waals surface area contributed by atoms with Crippen molar-refractivity contribution in [3.63, 3.8) is 0 Å². The quantitative estimate of drug-likeness (QED) is 0.147. The van der Waals surface area contributed by atoms with E-state index in [4.69, 9.17) is 14.2 Å². The fourth-order valence-electron chi connectivity index (χ4n) is 3.29. The van der Waals surface area contributed by atoms with Crippen LogP contribution in [0.1, 0.15) is 31.7 Å². The molecule has 1 aliphatic carbocycles. The van der Waals surface area contributed by atoms with Crippen LogP contribution in [0.2, 0.25) is 0 Å². The summed E-state index contributed by atoms with van der Waals surface area (Å²) >= 11 is 0. The van der Waals surface area contributed by atoms with Crippen LogP contribution >= 0.6 is 0 Å². The van der Waals surface area contributed by atoms with Gasteiger partial charge in [-0.3, -0.25) is 9.59 Å². The number of hydrogen-bond donors (Lipinski definition) is 0. The van der Waals surface area contributed by atoms with E-state index in [1.807, 2.05) is 43.3 Å². The number of rotatable bonds is 10. The van der Waals surface area contributed by atoms with E-state index in [0.29, 0.717) is 6.61 Å². The first-order valence-electron chi connectivity index (χ1n) is 9.84. The average molecular weight is 412 g/mol. The second-order valence-electron chi connectivity index (χ2n) is 7.37. The van der Waals surface area contributed by atoms with Crippen LogP contribution in [0, 0.1) is 29.1 Å². The molecule has 0 aromatic heterocycles. The first-order chi connectivity index (χ1) is 14.5. The van der Waals surface area contributed by atoms with Crippen LogP contribution in [0.4, 0.5) is 0 Å². The minimum absolute atomic E-state index is 0.0217. The van der Waals surface area contributed by atoms with Crippen molar-refractivity contribution in [2.24, 2.45) is 17.3 Å². The molecule has 6 nitrogen and oxygen atoms in total. The maximum atomic E-state index is 12.6. The monoisotopic (exact) mass is 412 g/mol. The number of carbonyl (C=O) groups excluding carboxylic acids is 3. The van der Waals surface area contributed by atoms with E-state index in [-0.39, 0.29) is 31.3 Å². The third kappa shape index (κ3) is 6.04. The molecule has 0 radical (unpaired) electrons. The van der Waals surface area contributed by atoms with Gasteiger partial charge in [-0.25, -0.2) is 0 Å². The van der Waals surface area contributed by atoms with Crippen LogP contribution in [0.3, 0.4) is 0 Å². The van der Waals surface area contributed by atoms with Crippen LogP contribution in [0.5, 0.6) is 0 Å². The Hall–Kier alpha value is -2.91. The predicted molar refractivity (Wildman–Crippen MR) is 111 cm³/mol. The zero-order chi connectivity index (χ0) is 22.0. The highest BCUT2D eigenvalue weighted by molar-refractivity contribution is 6.00. The van der Waals surface area contributed by atoms with Crippen molar-refractivity contribution in [3.8, 4) is 11.8 Å². The van der Waals surface area contributed by atoms with Gasteiger partial charge >= 0.3 is 11.9 Å². The number of esters is 2. The Morgan fingerprint density at radius 3 is 2.37 bits per heavy atom. The normalized spacial score (nSPS) is 18.0. The number of ether oxygens (including phenoxy) is 3. The lowest BCUT2D eigenvalue weighted by Gasteiger charge is -2.25. The summed E-state index contributed by atoms with van der Waals surface area (Å²) in [6.45, 7) is 2.50. The molecule has 0 saturated heterocycles. The molecule has 0 amide bonds. The lowest BCUT2D eigenvalue weighted by molar-refractivity contribution is -0.168. The minimum Gasteiger partial charge on any atom is -0.468 e. The van der Waals surface area contributed by atoms with Gasteiger partial charge in [0.2, 0.25) is 0 Å². The molecule has 0 unspecified atom stereocenters. The standard InChI is InChI=1S/C24H28O6/c1-18(21-15-20(21)16-25)11-13-24(22(26)28-2,23(27)29-3)12-7-8-14-30-17-19-9-5-4-6-10-19/h4-6,9-11,16,20-21H,12-15,17H2,1-3H3/b18-11+/t20-,21+/m1/s1. The molecule has 0 N–H and O–H groups in total. The molecule has 1 fully saturated rings. The maximum Gasteiger partial charge on any atom is 0.324 e. The van der Waals surface area contributed by atoms with Crippen LogP contribution in [0.15, 0.2) is 42.0 Å². The number of benzene rings is 1. The summed E-state index contributed by atoms with van der Waals surface area (Å²) in [5.41, 5.74) is 0.457. The van der Waals surface area contributed by atoms with Crippen molar-refractivity contribution in [1.82, 2.24) is 0 Å². The lowest BCUT2D eigenvalue weighted by Crippen LogP contribution is -2.40. The van der Waals surface area contributed by atoms with Gasteiger partial charge in [-0.05, 0) is 31.2 Å². The second kappa shape index (κ2) is 11.3. The van der Waals surface area contributed by atoms with Gasteiger partial charge in [0.15, 0.2) is 5.41 Å². The Labute approximate surface area is 177 Å². The number of hydrogen-bond acceptors (Lipinski definition) is 6. The summed E-state index contributed by atoms with van der Waals surface area (Å²) in [6, 6.07) is 9.70. The fraction of sp³-hybridized carbons (Fsp3) is 0.458. The highest BCUT2D eigenvalue weighted by atomic mass is 16.5. The summed E-state index contributed by atoms with van der Waals surface area (Å²) < 4.78 is 15.3. The molecule has 1 aliphatic rings. The first kappa shape index (κ1) is 23.4. The molecule has 1 aromatic carbocycles. The van der Waals surface area contributed by atoms with E-state index in [1.54, 1.807) is 0 Å². The van der Waals surface area contributed by atoms with E-state index in [2.05, 4.69) is 11.8 Å². The largest absolute Gasteiger partial charge is 0.468 e. The van der Waals surface area contributed by atoms with E-state index < -0.39 is 17.4 Å². The van der Waals surface area contributed by atoms with Crippen LogP contribution in [-0.4, -0.2) is 39.1 Å². The smallest absolute Gasteiger partial charge is 0.324 e. The molecule has 1 saturated carbocycles. The molecule has 0 spiro atoms. The van der Waals surface area contributed by atoms with Gasteiger partial charge in [-0.2, -0.15) is 0 Å². The summed E-state index contributed by atoms with van der Waals surface area (Å²) in [5.74, 6) is 4.53. The molecule has 2 rings (SSSR count). The molecule has 0 aliphatic heterocycles. The Kier molecular flexibility index (Phi) is 8.82. The van der Waals surface area contributed by atoms with Crippen molar-refractivity contribution in [2.75, 3.05) is 20.8 Å². The Morgan fingerprint density at radius 2 is 1.80 bits per heavy atom. The van der Waals surface area contributed by atoms with Crippen molar-refractivity contribution in [1.29, 1.82) is 0 Å². The fourth-order valence-corrected chi connectivity index (χ4v) is 3.29. The predicted octanol–water partition coefficient (Wildman–Crippen LogP) is 3.10. The number of methoxy groups -OCH3 is 2. The van der Waals surface area contributed by atoms with Gasteiger partial charge in [-0.15, -0.1) is 0 Å². The van der Waals surface area contributed by atoms with Crippen LogP contribution in [0.25, 0.3) is 0 Å². The van der Waals surface area contributed by atoms with Crippen molar-refractivity contribution in [2.45, 2.75) is 32.8 Å². The van der Waals surface area contributed by atoms with Crippen molar-refractivity contribution >= 4 is 18.2 Å². The van der Waals surface area contributed by atoms with Gasteiger partial charge in [0.25, 0.3) is 0 Å². The zero-order valence-electron chi connectivity index (χ0n) is 17.7. The maximum absolute atomic E-state index is 12.6. The highest BCUT2D eigenvalue weighted by Gasteiger charge is 2.47. The van der Waals surface area contributed by atoms with Gasteiger partial charge in [0.05, 0.1) is 20.8 Å². The Morgan fingerprint density at radius 1 is 1.13 bits per heavy atom. The highest BCUT2D eigenvalue weighted by Crippen LogP contribution is 2.43. The molecule has 0 bridgehead atoms. The molecule has 2 atom stereocenters. The van der Waals surface area contributed by atoms with Crippen molar-refractivity contribution in [3.05, 3.63) is 47.5 Å². The van der Waals surface area contributed by atoms with Gasteiger partial charge in [0, 0.05) is 12.3 Å². The van der Waals surface area contributed by atoms with E-state index in [0.717, 1.165) is 23.8 Å². The van der Waals surface area contributed by atoms with Gasteiger partial charge in [-0.1, -0.05) is 53.8 Å². The molecular weight excluding hydrogens is 384 g/mol. The Bertz CT molecular complexity index is 814. The second-order valence-corrected chi connectivity index (χ2v) is 7.37. The minimum atomic E-state index is -1.55. The number of aldehydes is 1. The zero-order valence-corrected chi connectivity index (χ0v) is 17.7. The molecule has 160 valence electrons. The molecule has 30 heavy (non-hydrogen) atoms. The summed E-state index contributed by atoms with van der Waals surface area (Å²) in [6.07, 6.45) is 3.60. The van der Waals surface area contributed by atoms with E-state index in [9.17, 15) is 14.4 Å². The molecule has 0 heterocycles. The van der Waals surface area contributed by atoms with E-state index >= 15 is 0 Å². The number of carbonyl (C=O) groups is 3. The van der Waals surface area contributed by atoms with Crippen LogP contribution < -0.4 is 0 Å². The summed E-state index contributed by atoms with van der Waals surface area (Å²) in [7, 11) is 2.46. The lowest BCUT2D eigenvalue weighted by atomic mass is 9.80. The first-order valence-corrected chi connectivity index (χ1v) is 9.84. The third-order valence-electron chi connectivity index (χ3n) is 5.33. The SMILES string of the molecule is COC(=O)C(CC#CCOCc1ccccc1)(C/C=C(\C)[C@@H]1C[C@@H]1C=O)C(=O)OC. The molecule has 6 heteroatoms. The number of allylic oxidation sites excluding steroid dienone is 2. The van der Waals surface area contributed by atoms with Gasteiger partial charge < -0.3 is 19.0 Å². The van der Waals surface area contributed by atoms with Crippen molar-refractivity contribution < 1.29 is 28.6 Å². The van der Waals surface area contributed by atoms with Crippen LogP contribution in [-0.2, 0) is 35.2 Å². The van der Waals surface area contributed by atoms with E-state index in [1.165, 1.54) is 14.2 Å². The summed E-state index contributed by atoms with van der Waals surface area (Å²) in [4.78, 5) is 36.0. The molecular formula is C24H28O6. The molecule has 1 aromatic rings. The summed E-state index contributed by atoms with van der Waals surface area (Å²) in [5, 5.41) is 0. The van der Waals surface area contributed by atoms with Gasteiger partial charge in [0.1, 0.15) is 12.9 Å². The third-order valence-corrected chi connectivity index (χ3v) is 5.33.